The van der Waals surface area contributed by atoms with Gasteiger partial charge in [-0.15, -0.1) is 0 Å². The third-order valence-corrected chi connectivity index (χ3v) is 4.60. The molecule has 9 nitrogen and oxygen atoms in total. The van der Waals surface area contributed by atoms with Crippen molar-refractivity contribution in [2.45, 2.75) is 31.7 Å². The summed E-state index contributed by atoms with van der Waals surface area (Å²) in [6.45, 7) is 0.318. The topological polar surface area (TPSA) is 122 Å². The van der Waals surface area contributed by atoms with E-state index in [-0.39, 0.29) is 24.4 Å². The van der Waals surface area contributed by atoms with Gasteiger partial charge >= 0.3 is 11.8 Å². The van der Waals surface area contributed by atoms with Crippen LogP contribution in [-0.2, 0) is 16.6 Å². The number of rotatable bonds is 4. The van der Waals surface area contributed by atoms with Crippen molar-refractivity contribution in [1.82, 2.24) is 19.8 Å². The number of hydrogen-bond donors (Lipinski definition) is 3. The monoisotopic (exact) mass is 384 g/mol. The van der Waals surface area contributed by atoms with Crippen molar-refractivity contribution >= 4 is 28.9 Å². The fourth-order valence-electron chi connectivity index (χ4n) is 3.30. The molecular formula is C19H20N4O5. The molecule has 2 heterocycles. The minimum absolute atomic E-state index is 0.184. The van der Waals surface area contributed by atoms with Crippen molar-refractivity contribution in [2.24, 2.45) is 7.05 Å². The van der Waals surface area contributed by atoms with Crippen LogP contribution < -0.4 is 16.3 Å². The summed E-state index contributed by atoms with van der Waals surface area (Å²) in [4.78, 5) is 46.9. The van der Waals surface area contributed by atoms with Crippen molar-refractivity contribution in [3.05, 3.63) is 34.2 Å². The van der Waals surface area contributed by atoms with Gasteiger partial charge in [0.05, 0.1) is 16.6 Å². The first-order valence-corrected chi connectivity index (χ1v) is 8.89. The van der Waals surface area contributed by atoms with Gasteiger partial charge in [0, 0.05) is 26.4 Å². The molecular weight excluding hydrogens is 364 g/mol. The van der Waals surface area contributed by atoms with Gasteiger partial charge in [0.15, 0.2) is 0 Å². The van der Waals surface area contributed by atoms with E-state index >= 15 is 0 Å². The maximum atomic E-state index is 12.8. The van der Waals surface area contributed by atoms with Crippen molar-refractivity contribution < 1.29 is 19.5 Å². The molecule has 146 valence electrons. The Kier molecular flexibility index (Phi) is 5.49. The zero-order chi connectivity index (χ0) is 20.3. The van der Waals surface area contributed by atoms with Crippen LogP contribution >= 0.6 is 0 Å². The molecule has 3 N–H and O–H groups in total. The van der Waals surface area contributed by atoms with E-state index in [9.17, 15) is 19.2 Å². The Bertz CT molecular complexity index is 1070. The predicted octanol–water partition coefficient (Wildman–Crippen LogP) is 0.717. The number of unbranched alkanes of at least 4 members (excludes halogenated alkanes) is 1. The quantitative estimate of drug-likeness (QED) is 0.407. The summed E-state index contributed by atoms with van der Waals surface area (Å²) in [6, 6.07) is 4.57. The van der Waals surface area contributed by atoms with Gasteiger partial charge in [0.25, 0.3) is 0 Å². The number of amides is 3. The van der Waals surface area contributed by atoms with Crippen LogP contribution in [-0.4, -0.2) is 38.7 Å². The van der Waals surface area contributed by atoms with Crippen LogP contribution in [0.4, 0.5) is 4.79 Å². The number of hydrogen-bond acceptors (Lipinski definition) is 4. The SMILES string of the molecule is Cn1c(=O)n(C2CCC(=O)NC2=O)c2cccc(C#CCCCNC(=O)O)c21. The maximum Gasteiger partial charge on any atom is 0.404 e. The summed E-state index contributed by atoms with van der Waals surface area (Å²) in [5.41, 5.74) is 1.51. The second-order valence-corrected chi connectivity index (χ2v) is 6.49. The van der Waals surface area contributed by atoms with Crippen molar-refractivity contribution in [3.8, 4) is 11.8 Å². The molecule has 2 aromatic rings. The smallest absolute Gasteiger partial charge is 0.404 e. The molecule has 1 saturated heterocycles. The molecule has 28 heavy (non-hydrogen) atoms. The number of fused-ring (bicyclic) bond motifs is 1. The molecule has 0 radical (unpaired) electrons. The van der Waals surface area contributed by atoms with Gasteiger partial charge in [-0.1, -0.05) is 17.9 Å². The highest BCUT2D eigenvalue weighted by molar-refractivity contribution is 6.00. The van der Waals surface area contributed by atoms with Gasteiger partial charge in [-0.3, -0.25) is 24.0 Å². The van der Waals surface area contributed by atoms with Crippen LogP contribution in [0.5, 0.6) is 0 Å². The lowest BCUT2D eigenvalue weighted by Crippen LogP contribution is -2.44. The van der Waals surface area contributed by atoms with Crippen LogP contribution in [0.3, 0.4) is 0 Å². The molecule has 1 unspecified atom stereocenters. The standard InChI is InChI=1S/C19H20N4O5/c1-22-16-12(6-3-2-4-11-20-18(26)27)7-5-8-13(16)23(19(22)28)14-9-10-15(24)21-17(14)25/h5,7-8,14,20H,2,4,9-11H2,1H3,(H,26,27)(H,21,24,25). The molecule has 0 spiro atoms. The molecule has 1 aliphatic rings. The van der Waals surface area contributed by atoms with Crippen molar-refractivity contribution in [1.29, 1.82) is 0 Å². The van der Waals surface area contributed by atoms with E-state index in [1.54, 1.807) is 25.2 Å². The lowest BCUT2D eigenvalue weighted by molar-refractivity contribution is -0.135. The van der Waals surface area contributed by atoms with Gasteiger partial charge in [0.1, 0.15) is 6.04 Å². The first-order chi connectivity index (χ1) is 13.4. The third-order valence-electron chi connectivity index (χ3n) is 4.60. The van der Waals surface area contributed by atoms with E-state index in [0.29, 0.717) is 36.0 Å². The van der Waals surface area contributed by atoms with E-state index in [1.165, 1.54) is 9.13 Å². The highest BCUT2D eigenvalue weighted by Gasteiger charge is 2.31. The highest BCUT2D eigenvalue weighted by atomic mass is 16.4. The average molecular weight is 384 g/mol. The Balaban J connectivity index is 1.91. The Morgan fingerprint density at radius 3 is 2.86 bits per heavy atom. The van der Waals surface area contributed by atoms with Crippen molar-refractivity contribution in [2.75, 3.05) is 6.54 Å². The second-order valence-electron chi connectivity index (χ2n) is 6.49. The Hall–Kier alpha value is -3.54. The Morgan fingerprint density at radius 1 is 1.36 bits per heavy atom. The van der Waals surface area contributed by atoms with E-state index in [0.717, 1.165) is 0 Å². The molecule has 1 aromatic heterocycles. The van der Waals surface area contributed by atoms with Gasteiger partial charge < -0.3 is 10.4 Å². The molecule has 0 saturated carbocycles. The molecule has 1 aliphatic heterocycles. The van der Waals surface area contributed by atoms with Crippen LogP contribution in [0, 0.1) is 11.8 Å². The lowest BCUT2D eigenvalue weighted by atomic mass is 10.1. The first kappa shape index (κ1) is 19.2. The van der Waals surface area contributed by atoms with E-state index in [2.05, 4.69) is 22.5 Å². The number of carbonyl (C=O) groups excluding carboxylic acids is 2. The number of para-hydroxylation sites is 1. The summed E-state index contributed by atoms with van der Waals surface area (Å²) in [5.74, 6) is 5.20. The first-order valence-electron chi connectivity index (χ1n) is 8.89. The maximum absolute atomic E-state index is 12.8. The summed E-state index contributed by atoms with van der Waals surface area (Å²) in [5, 5.41) is 13.1. The number of nitrogens with one attached hydrogen (secondary N) is 2. The summed E-state index contributed by atoms with van der Waals surface area (Å²) in [6.07, 6.45) is 0.464. The average Bonchev–Trinajstić information content (AvgIpc) is 2.90. The van der Waals surface area contributed by atoms with Crippen LogP contribution in [0.25, 0.3) is 11.0 Å². The van der Waals surface area contributed by atoms with Gasteiger partial charge in [0.2, 0.25) is 11.8 Å². The lowest BCUT2D eigenvalue weighted by Gasteiger charge is -2.21. The number of carboxylic acid groups (broad SMARTS) is 1. The summed E-state index contributed by atoms with van der Waals surface area (Å²) < 4.78 is 2.87. The second kappa shape index (κ2) is 8.00. The molecule has 0 bridgehead atoms. The predicted molar refractivity (Wildman–Crippen MR) is 101 cm³/mol. The number of imidazole rings is 1. The highest BCUT2D eigenvalue weighted by Crippen LogP contribution is 2.24. The van der Waals surface area contributed by atoms with Crippen LogP contribution in [0.15, 0.2) is 23.0 Å². The largest absolute Gasteiger partial charge is 0.465 e. The molecule has 1 fully saturated rings. The zero-order valence-corrected chi connectivity index (χ0v) is 15.3. The minimum Gasteiger partial charge on any atom is -0.465 e. The van der Waals surface area contributed by atoms with Gasteiger partial charge in [-0.25, -0.2) is 9.59 Å². The molecule has 3 rings (SSSR count). The number of carbonyl (C=O) groups is 3. The fraction of sp³-hybridized carbons (Fsp3) is 0.368. The fourth-order valence-corrected chi connectivity index (χ4v) is 3.30. The van der Waals surface area contributed by atoms with Crippen LogP contribution in [0.1, 0.15) is 37.3 Å². The molecule has 1 aromatic carbocycles. The number of benzene rings is 1. The van der Waals surface area contributed by atoms with E-state index in [1.807, 2.05) is 0 Å². The molecule has 3 amide bonds. The van der Waals surface area contributed by atoms with E-state index < -0.39 is 18.0 Å². The van der Waals surface area contributed by atoms with Crippen LogP contribution in [0.2, 0.25) is 0 Å². The van der Waals surface area contributed by atoms with Gasteiger partial charge in [-0.05, 0) is 25.0 Å². The normalized spacial score (nSPS) is 16.4. The Labute approximate surface area is 160 Å². The minimum atomic E-state index is -1.07. The number of nitrogens with zero attached hydrogens (tertiary/aromatic N) is 2. The number of aryl methyl sites for hydroxylation is 1. The Morgan fingerprint density at radius 2 is 2.14 bits per heavy atom. The molecule has 1 atom stereocenters. The number of piperidine rings is 1. The van der Waals surface area contributed by atoms with Crippen molar-refractivity contribution in [3.63, 3.8) is 0 Å². The summed E-state index contributed by atoms with van der Waals surface area (Å²) >= 11 is 0. The summed E-state index contributed by atoms with van der Waals surface area (Å²) in [7, 11) is 1.62. The third kappa shape index (κ3) is 3.76. The zero-order valence-electron chi connectivity index (χ0n) is 15.3. The van der Waals surface area contributed by atoms with Gasteiger partial charge in [-0.2, -0.15) is 0 Å². The molecule has 0 aliphatic carbocycles. The molecule has 9 heteroatoms. The number of imide groups is 1. The number of aromatic nitrogens is 2. The van der Waals surface area contributed by atoms with E-state index in [4.69, 9.17) is 5.11 Å².